The Morgan fingerprint density at radius 3 is 2.05 bits per heavy atom. The summed E-state index contributed by atoms with van der Waals surface area (Å²) in [5.41, 5.74) is 4.90. The second kappa shape index (κ2) is 13.5. The molecule has 7 nitrogen and oxygen atoms in total. The number of aliphatic hydroxyl groups excluding tert-OH is 1. The van der Waals surface area contributed by atoms with Crippen LogP contribution >= 0.6 is 0 Å². The van der Waals surface area contributed by atoms with Crippen LogP contribution in [0.15, 0.2) is 66.7 Å². The molecule has 1 heterocycles. The van der Waals surface area contributed by atoms with Crippen LogP contribution in [0.2, 0.25) is 0 Å². The summed E-state index contributed by atoms with van der Waals surface area (Å²) in [6.07, 6.45) is 3.48. The SMILES string of the molecule is CCC(CC)n1c(-c2ccc(Oc3ccc(OC)cc3)cc2)c(C#N)c2ccc(CCCO)cc21.NO. The number of nitriles is 1. The van der Waals surface area contributed by atoms with Crippen molar-refractivity contribution in [3.05, 3.63) is 77.9 Å². The molecule has 0 radical (unpaired) electrons. The standard InChI is InChI=1S/C30H32N2O3.H3NO/c1-4-23(5-2)32-29-19-21(7-6-18-33)8-17-27(29)28(20-31)30(32)22-9-11-25(12-10-22)35-26-15-13-24(34-3)14-16-26;1-2/h8-17,19,23,33H,4-7,18H2,1-3H3;2H,1H2. The van der Waals surface area contributed by atoms with Gasteiger partial charge in [0.1, 0.15) is 23.3 Å². The van der Waals surface area contributed by atoms with Crippen molar-refractivity contribution in [1.29, 1.82) is 5.26 Å². The minimum Gasteiger partial charge on any atom is -0.497 e. The first-order valence-corrected chi connectivity index (χ1v) is 12.5. The van der Waals surface area contributed by atoms with Gasteiger partial charge >= 0.3 is 0 Å². The van der Waals surface area contributed by atoms with Gasteiger partial charge in [-0.05, 0) is 91.4 Å². The van der Waals surface area contributed by atoms with E-state index in [1.807, 2.05) is 48.5 Å². The van der Waals surface area contributed by atoms with E-state index in [0.29, 0.717) is 5.56 Å². The quantitative estimate of drug-likeness (QED) is 0.211. The minimum absolute atomic E-state index is 0.172. The van der Waals surface area contributed by atoms with E-state index in [2.05, 4.69) is 48.6 Å². The molecule has 4 rings (SSSR count). The fourth-order valence-electron chi connectivity index (χ4n) is 4.69. The number of aliphatic hydroxyl groups is 1. The van der Waals surface area contributed by atoms with Crippen LogP contribution in [0.25, 0.3) is 22.2 Å². The van der Waals surface area contributed by atoms with E-state index < -0.39 is 0 Å². The zero-order chi connectivity index (χ0) is 26.8. The fraction of sp³-hybridized carbons (Fsp3) is 0.300. The molecule has 0 aliphatic heterocycles. The highest BCUT2D eigenvalue weighted by molar-refractivity contribution is 5.95. The molecular formula is C30H35N3O4. The highest BCUT2D eigenvalue weighted by atomic mass is 16.5. The second-order valence-electron chi connectivity index (χ2n) is 8.66. The lowest BCUT2D eigenvalue weighted by Crippen LogP contribution is -2.09. The van der Waals surface area contributed by atoms with E-state index in [1.165, 1.54) is 5.56 Å². The molecule has 4 aromatic rings. The molecule has 4 N–H and O–H groups in total. The third kappa shape index (κ3) is 6.12. The Hall–Kier alpha value is -3.83. The molecule has 0 fully saturated rings. The van der Waals surface area contributed by atoms with Gasteiger partial charge in [-0.1, -0.05) is 26.0 Å². The normalized spacial score (nSPS) is 10.6. The van der Waals surface area contributed by atoms with E-state index >= 15 is 0 Å². The summed E-state index contributed by atoms with van der Waals surface area (Å²) >= 11 is 0. The Labute approximate surface area is 218 Å². The van der Waals surface area contributed by atoms with Crippen LogP contribution in [-0.4, -0.2) is 28.6 Å². The molecule has 0 unspecified atom stereocenters. The Kier molecular flexibility index (Phi) is 10.1. The molecule has 0 spiro atoms. The molecule has 7 heteroatoms. The van der Waals surface area contributed by atoms with Crippen LogP contribution in [0, 0.1) is 11.3 Å². The number of ether oxygens (including phenoxy) is 2. The van der Waals surface area contributed by atoms with E-state index in [0.717, 1.165) is 65.1 Å². The Bertz CT molecular complexity index is 1320. The van der Waals surface area contributed by atoms with E-state index in [-0.39, 0.29) is 12.6 Å². The van der Waals surface area contributed by atoms with Gasteiger partial charge < -0.3 is 24.4 Å². The highest BCUT2D eigenvalue weighted by Gasteiger charge is 2.23. The van der Waals surface area contributed by atoms with Gasteiger partial charge in [0.2, 0.25) is 0 Å². The number of nitrogens with two attached hydrogens (primary N) is 1. The predicted molar refractivity (Wildman–Crippen MR) is 146 cm³/mol. The molecule has 0 saturated heterocycles. The van der Waals surface area contributed by atoms with Gasteiger partial charge in [-0.25, -0.2) is 5.90 Å². The van der Waals surface area contributed by atoms with Crippen molar-refractivity contribution >= 4 is 10.9 Å². The Balaban J connectivity index is 0.00000186. The smallest absolute Gasteiger partial charge is 0.127 e. The number of hydrogen-bond donors (Lipinski definition) is 3. The van der Waals surface area contributed by atoms with Gasteiger partial charge in [-0.2, -0.15) is 5.26 Å². The number of nitrogens with zero attached hydrogens (tertiary/aromatic N) is 2. The highest BCUT2D eigenvalue weighted by Crippen LogP contribution is 2.39. The maximum absolute atomic E-state index is 10.2. The summed E-state index contributed by atoms with van der Waals surface area (Å²) in [7, 11) is 1.64. The minimum atomic E-state index is 0.172. The first kappa shape index (κ1) is 27.8. The summed E-state index contributed by atoms with van der Waals surface area (Å²) in [6.45, 7) is 4.56. The van der Waals surface area contributed by atoms with Gasteiger partial charge in [-0.15, -0.1) is 0 Å². The largest absolute Gasteiger partial charge is 0.497 e. The van der Waals surface area contributed by atoms with Crippen molar-refractivity contribution < 1.29 is 19.8 Å². The summed E-state index contributed by atoms with van der Waals surface area (Å²) in [5, 5.41) is 26.9. The molecule has 194 valence electrons. The maximum atomic E-state index is 10.2. The molecule has 0 bridgehead atoms. The van der Waals surface area contributed by atoms with Crippen LogP contribution < -0.4 is 15.4 Å². The van der Waals surface area contributed by atoms with E-state index in [4.69, 9.17) is 14.7 Å². The lowest BCUT2D eigenvalue weighted by atomic mass is 10.0. The van der Waals surface area contributed by atoms with Crippen LogP contribution in [0.3, 0.4) is 0 Å². The third-order valence-corrected chi connectivity index (χ3v) is 6.53. The van der Waals surface area contributed by atoms with Crippen molar-refractivity contribution in [2.45, 2.75) is 45.6 Å². The van der Waals surface area contributed by atoms with Crippen LogP contribution in [0.5, 0.6) is 17.2 Å². The molecular weight excluding hydrogens is 466 g/mol. The molecule has 0 atom stereocenters. The lowest BCUT2D eigenvalue weighted by molar-refractivity contribution is 0.288. The topological polar surface area (TPSA) is 114 Å². The zero-order valence-electron chi connectivity index (χ0n) is 21.6. The number of methoxy groups -OCH3 is 1. The molecule has 0 aliphatic rings. The van der Waals surface area contributed by atoms with Crippen molar-refractivity contribution in [1.82, 2.24) is 4.57 Å². The average molecular weight is 502 g/mol. The Morgan fingerprint density at radius 1 is 0.919 bits per heavy atom. The van der Waals surface area contributed by atoms with Crippen LogP contribution in [-0.2, 0) is 6.42 Å². The van der Waals surface area contributed by atoms with Gasteiger partial charge in [0.25, 0.3) is 0 Å². The molecule has 37 heavy (non-hydrogen) atoms. The average Bonchev–Trinajstić information content (AvgIpc) is 3.28. The molecule has 3 aromatic carbocycles. The van der Waals surface area contributed by atoms with Gasteiger partial charge in [0.05, 0.1) is 23.9 Å². The first-order chi connectivity index (χ1) is 18.1. The van der Waals surface area contributed by atoms with Crippen molar-refractivity contribution in [2.75, 3.05) is 13.7 Å². The Morgan fingerprint density at radius 2 is 1.51 bits per heavy atom. The third-order valence-electron chi connectivity index (χ3n) is 6.53. The number of aryl methyl sites for hydroxylation is 1. The zero-order valence-corrected chi connectivity index (χ0v) is 21.6. The molecule has 1 aromatic heterocycles. The first-order valence-electron chi connectivity index (χ1n) is 12.5. The van der Waals surface area contributed by atoms with Crippen LogP contribution in [0.1, 0.15) is 50.3 Å². The van der Waals surface area contributed by atoms with Crippen molar-refractivity contribution in [3.8, 4) is 34.6 Å². The van der Waals surface area contributed by atoms with Gasteiger partial charge in [0.15, 0.2) is 0 Å². The predicted octanol–water partition coefficient (Wildman–Crippen LogP) is 6.60. The summed E-state index contributed by atoms with van der Waals surface area (Å²) in [4.78, 5) is 0. The number of fused-ring (bicyclic) bond motifs is 1. The van der Waals surface area contributed by atoms with E-state index in [9.17, 15) is 10.4 Å². The van der Waals surface area contributed by atoms with Crippen LogP contribution in [0.4, 0.5) is 0 Å². The summed E-state index contributed by atoms with van der Waals surface area (Å²) < 4.78 is 13.6. The summed E-state index contributed by atoms with van der Waals surface area (Å²) in [5.74, 6) is 5.75. The molecule has 0 aliphatic carbocycles. The van der Waals surface area contributed by atoms with Crippen molar-refractivity contribution in [3.63, 3.8) is 0 Å². The van der Waals surface area contributed by atoms with Crippen molar-refractivity contribution in [2.24, 2.45) is 5.90 Å². The van der Waals surface area contributed by atoms with Gasteiger partial charge in [-0.3, -0.25) is 0 Å². The number of benzene rings is 3. The number of aromatic nitrogens is 1. The molecule has 0 saturated carbocycles. The fourth-order valence-corrected chi connectivity index (χ4v) is 4.69. The number of hydrogen-bond acceptors (Lipinski definition) is 6. The summed E-state index contributed by atoms with van der Waals surface area (Å²) in [6, 6.07) is 24.5. The lowest BCUT2D eigenvalue weighted by Gasteiger charge is -2.21. The monoisotopic (exact) mass is 501 g/mol. The number of rotatable bonds is 10. The van der Waals surface area contributed by atoms with E-state index in [1.54, 1.807) is 7.11 Å². The maximum Gasteiger partial charge on any atom is 0.127 e. The molecule has 0 amide bonds. The second-order valence-corrected chi connectivity index (χ2v) is 8.66. The van der Waals surface area contributed by atoms with Gasteiger partial charge in [0, 0.05) is 18.0 Å².